The van der Waals surface area contributed by atoms with E-state index in [0.717, 1.165) is 35.6 Å². The molecular weight excluding hydrogens is 382 g/mol. The van der Waals surface area contributed by atoms with Crippen molar-refractivity contribution in [1.82, 2.24) is 0 Å². The number of aryl methyl sites for hydroxylation is 1. The van der Waals surface area contributed by atoms with Crippen LogP contribution in [0, 0.1) is 17.8 Å². The van der Waals surface area contributed by atoms with E-state index in [0.29, 0.717) is 11.8 Å². The molecule has 4 saturated carbocycles. The summed E-state index contributed by atoms with van der Waals surface area (Å²) in [5, 5.41) is 3.07. The smallest absolute Gasteiger partial charge is 0.265 e. The molecule has 4 bridgehead atoms. The molecule has 4 aliphatic carbocycles. The van der Waals surface area contributed by atoms with Crippen molar-refractivity contribution < 1.29 is 9.53 Å². The van der Waals surface area contributed by atoms with Crippen LogP contribution in [0.15, 0.2) is 48.5 Å². The van der Waals surface area contributed by atoms with Crippen LogP contribution in [0.5, 0.6) is 5.75 Å². The number of benzene rings is 2. The Kier molecular flexibility index (Phi) is 5.54. The van der Waals surface area contributed by atoms with Crippen molar-refractivity contribution in [1.29, 1.82) is 0 Å². The maximum Gasteiger partial charge on any atom is 0.265 e. The van der Waals surface area contributed by atoms with Gasteiger partial charge in [-0.05, 0) is 110 Å². The van der Waals surface area contributed by atoms with Crippen LogP contribution in [0.1, 0.15) is 69.9 Å². The Morgan fingerprint density at radius 1 is 0.935 bits per heavy atom. The summed E-state index contributed by atoms with van der Waals surface area (Å²) in [5.74, 6) is 3.50. The van der Waals surface area contributed by atoms with Crippen molar-refractivity contribution in [2.75, 3.05) is 5.32 Å². The van der Waals surface area contributed by atoms with Gasteiger partial charge in [0.1, 0.15) is 5.75 Å². The fourth-order valence-corrected chi connectivity index (χ4v) is 6.88. The lowest BCUT2D eigenvalue weighted by molar-refractivity contribution is -0.122. The van der Waals surface area contributed by atoms with Crippen molar-refractivity contribution in [3.8, 4) is 5.75 Å². The summed E-state index contributed by atoms with van der Waals surface area (Å²) in [4.78, 5) is 12.8. The number of hydrogen-bond acceptors (Lipinski definition) is 2. The number of nitrogens with one attached hydrogen (secondary N) is 1. The number of amides is 1. The lowest BCUT2D eigenvalue weighted by Gasteiger charge is -2.57. The molecule has 164 valence electrons. The van der Waals surface area contributed by atoms with Crippen LogP contribution in [0.2, 0.25) is 0 Å². The lowest BCUT2D eigenvalue weighted by atomic mass is 9.48. The van der Waals surface area contributed by atoms with Gasteiger partial charge >= 0.3 is 0 Å². The van der Waals surface area contributed by atoms with Crippen LogP contribution in [0.4, 0.5) is 5.69 Å². The number of carbonyl (C=O) groups is 1. The Bertz CT molecular complexity index is 880. The molecule has 0 aliphatic heterocycles. The van der Waals surface area contributed by atoms with Gasteiger partial charge in [0.15, 0.2) is 6.10 Å². The summed E-state index contributed by atoms with van der Waals surface area (Å²) < 4.78 is 5.97. The van der Waals surface area contributed by atoms with Crippen molar-refractivity contribution in [2.45, 2.75) is 76.7 Å². The van der Waals surface area contributed by atoms with E-state index in [-0.39, 0.29) is 5.91 Å². The summed E-state index contributed by atoms with van der Waals surface area (Å²) in [5.41, 5.74) is 4.02. The first kappa shape index (κ1) is 20.6. The number of anilines is 1. The topological polar surface area (TPSA) is 38.3 Å². The van der Waals surface area contributed by atoms with Gasteiger partial charge in [-0.25, -0.2) is 0 Å². The Labute approximate surface area is 186 Å². The summed E-state index contributed by atoms with van der Waals surface area (Å²) in [6, 6.07) is 16.8. The molecule has 3 heteroatoms. The highest BCUT2D eigenvalue weighted by atomic mass is 16.5. The molecule has 4 fully saturated rings. The average Bonchev–Trinajstić information content (AvgIpc) is 2.77. The first-order valence-corrected chi connectivity index (χ1v) is 12.2. The van der Waals surface area contributed by atoms with Gasteiger partial charge in [-0.3, -0.25) is 4.79 Å². The largest absolute Gasteiger partial charge is 0.481 e. The predicted molar refractivity (Wildman–Crippen MR) is 125 cm³/mol. The molecule has 0 spiro atoms. The third kappa shape index (κ3) is 4.12. The second-order valence-corrected chi connectivity index (χ2v) is 10.3. The molecule has 0 saturated heterocycles. The summed E-state index contributed by atoms with van der Waals surface area (Å²) in [7, 11) is 0. The van der Waals surface area contributed by atoms with E-state index in [9.17, 15) is 4.79 Å². The molecule has 1 atom stereocenters. The second-order valence-electron chi connectivity index (χ2n) is 10.3. The summed E-state index contributed by atoms with van der Waals surface area (Å²) in [6.45, 7) is 4.12. The standard InChI is InChI=1S/C28H35NO2/c1-3-19-5-11-25(12-6-19)31-26(4-2)27(30)29-24-9-7-23(8-10-24)28-16-20-13-21(17-28)15-22(14-20)18-28/h5-12,20-22,26H,3-4,13-18H2,1-2H3,(H,29,30)/t20?,21?,22?,26-,28?/m0/s1. The van der Waals surface area contributed by atoms with Gasteiger partial charge < -0.3 is 10.1 Å². The maximum absolute atomic E-state index is 12.8. The van der Waals surface area contributed by atoms with Crippen LogP contribution in [-0.4, -0.2) is 12.0 Å². The molecule has 3 nitrogen and oxygen atoms in total. The monoisotopic (exact) mass is 417 g/mol. The minimum atomic E-state index is -0.490. The predicted octanol–water partition coefficient (Wildman–Crippen LogP) is 6.51. The van der Waals surface area contributed by atoms with E-state index in [1.165, 1.54) is 49.7 Å². The minimum absolute atomic E-state index is 0.0791. The molecule has 0 unspecified atom stereocenters. The normalized spacial score (nSPS) is 29.5. The number of carbonyl (C=O) groups excluding carboxylic acids is 1. The van der Waals surface area contributed by atoms with Crippen LogP contribution in [-0.2, 0) is 16.6 Å². The quantitative estimate of drug-likeness (QED) is 0.557. The van der Waals surface area contributed by atoms with E-state index < -0.39 is 6.10 Å². The molecule has 1 N–H and O–H groups in total. The van der Waals surface area contributed by atoms with Gasteiger partial charge in [-0.2, -0.15) is 0 Å². The third-order valence-corrected chi connectivity index (χ3v) is 8.08. The molecule has 2 aromatic rings. The highest BCUT2D eigenvalue weighted by Crippen LogP contribution is 2.60. The van der Waals surface area contributed by atoms with E-state index in [1.54, 1.807) is 0 Å². The molecule has 6 rings (SSSR count). The lowest BCUT2D eigenvalue weighted by Crippen LogP contribution is -2.48. The van der Waals surface area contributed by atoms with Crippen molar-refractivity contribution in [3.63, 3.8) is 0 Å². The van der Waals surface area contributed by atoms with Crippen molar-refractivity contribution in [3.05, 3.63) is 59.7 Å². The van der Waals surface area contributed by atoms with Crippen molar-refractivity contribution in [2.24, 2.45) is 17.8 Å². The zero-order valence-electron chi connectivity index (χ0n) is 18.9. The van der Waals surface area contributed by atoms with Gasteiger partial charge in [-0.15, -0.1) is 0 Å². The van der Waals surface area contributed by atoms with Crippen LogP contribution in [0.25, 0.3) is 0 Å². The summed E-state index contributed by atoms with van der Waals surface area (Å²) >= 11 is 0. The van der Waals surface area contributed by atoms with E-state index >= 15 is 0 Å². The van der Waals surface area contributed by atoms with Crippen LogP contribution in [0.3, 0.4) is 0 Å². The van der Waals surface area contributed by atoms with E-state index in [2.05, 4.69) is 48.6 Å². The molecule has 0 heterocycles. The number of rotatable bonds is 7. The number of ether oxygens (including phenoxy) is 1. The Balaban J connectivity index is 1.24. The average molecular weight is 418 g/mol. The second kappa shape index (κ2) is 8.33. The SMILES string of the molecule is CCc1ccc(O[C@@H](CC)C(=O)Nc2ccc(C34CC5CC(CC(C5)C3)C4)cc2)cc1. The minimum Gasteiger partial charge on any atom is -0.481 e. The molecule has 4 aliphatic rings. The Hall–Kier alpha value is -2.29. The van der Waals surface area contributed by atoms with Gasteiger partial charge in [0.25, 0.3) is 5.91 Å². The zero-order chi connectivity index (χ0) is 21.4. The molecule has 0 radical (unpaired) electrons. The van der Waals surface area contributed by atoms with E-state index in [4.69, 9.17) is 4.74 Å². The first-order chi connectivity index (χ1) is 15.1. The van der Waals surface area contributed by atoms with Crippen molar-refractivity contribution >= 4 is 11.6 Å². The van der Waals surface area contributed by atoms with Crippen LogP contribution >= 0.6 is 0 Å². The van der Waals surface area contributed by atoms with Crippen LogP contribution < -0.4 is 10.1 Å². The van der Waals surface area contributed by atoms with Gasteiger partial charge in [0.2, 0.25) is 0 Å². The van der Waals surface area contributed by atoms with Gasteiger partial charge in [-0.1, -0.05) is 38.1 Å². The highest BCUT2D eigenvalue weighted by Gasteiger charge is 2.51. The summed E-state index contributed by atoms with van der Waals surface area (Å²) in [6.07, 6.45) is 9.64. The zero-order valence-corrected chi connectivity index (χ0v) is 18.9. The van der Waals surface area contributed by atoms with Gasteiger partial charge in [0, 0.05) is 5.69 Å². The maximum atomic E-state index is 12.8. The molecular formula is C28H35NO2. The first-order valence-electron chi connectivity index (χ1n) is 12.2. The fourth-order valence-electron chi connectivity index (χ4n) is 6.88. The number of hydrogen-bond donors (Lipinski definition) is 1. The third-order valence-electron chi connectivity index (χ3n) is 8.08. The van der Waals surface area contributed by atoms with Gasteiger partial charge in [0.05, 0.1) is 0 Å². The highest BCUT2D eigenvalue weighted by molar-refractivity contribution is 5.94. The molecule has 0 aromatic heterocycles. The fraction of sp³-hybridized carbons (Fsp3) is 0.536. The Morgan fingerprint density at radius 3 is 2.03 bits per heavy atom. The Morgan fingerprint density at radius 2 is 1.52 bits per heavy atom. The molecule has 31 heavy (non-hydrogen) atoms. The van der Waals surface area contributed by atoms with E-state index in [1.807, 2.05) is 19.1 Å². The molecule has 2 aromatic carbocycles. The molecule has 1 amide bonds.